The average molecular weight is 526 g/mol. The van der Waals surface area contributed by atoms with Crippen LogP contribution in [0.25, 0.3) is 10.9 Å². The third kappa shape index (κ3) is 5.02. The summed E-state index contributed by atoms with van der Waals surface area (Å²) in [6.45, 7) is 0.933. The van der Waals surface area contributed by atoms with Crippen molar-refractivity contribution in [2.45, 2.75) is 37.6 Å². The fourth-order valence-corrected chi connectivity index (χ4v) is 5.68. The number of carbonyl (C=O) groups is 2. The second-order valence-electron chi connectivity index (χ2n) is 10.3. The highest BCUT2D eigenvalue weighted by atomic mass is 16.5. The number of likely N-dealkylation sites (tertiary alicyclic amines) is 1. The summed E-state index contributed by atoms with van der Waals surface area (Å²) in [5, 5.41) is 14.7. The van der Waals surface area contributed by atoms with E-state index >= 15 is 0 Å². The van der Waals surface area contributed by atoms with E-state index in [1.54, 1.807) is 25.3 Å². The van der Waals surface area contributed by atoms with Crippen molar-refractivity contribution in [1.82, 2.24) is 15.2 Å². The Labute approximate surface area is 226 Å². The highest BCUT2D eigenvalue weighted by Crippen LogP contribution is 2.40. The quantitative estimate of drug-likeness (QED) is 0.360. The van der Waals surface area contributed by atoms with Crippen molar-refractivity contribution in [3.05, 3.63) is 83.6 Å². The lowest BCUT2D eigenvalue weighted by atomic mass is 9.93. The van der Waals surface area contributed by atoms with Crippen LogP contribution in [0.2, 0.25) is 0 Å². The number of amides is 2. The molecule has 4 aromatic rings. The zero-order valence-electron chi connectivity index (χ0n) is 21.8. The number of H-pyrrole nitrogens is 1. The van der Waals surface area contributed by atoms with Gasteiger partial charge in [-0.25, -0.2) is 0 Å². The molecule has 1 aromatic heterocycles. The number of hydrogen-bond donors (Lipinski definition) is 3. The number of rotatable bonds is 4. The minimum atomic E-state index is -0.229. The Hall–Kier alpha value is -4.46. The van der Waals surface area contributed by atoms with Gasteiger partial charge in [0, 0.05) is 48.9 Å². The first-order valence-electron chi connectivity index (χ1n) is 13.3. The number of aromatic nitrogens is 1. The Morgan fingerprint density at radius 1 is 1.08 bits per heavy atom. The van der Waals surface area contributed by atoms with Gasteiger partial charge >= 0.3 is 0 Å². The molecule has 200 valence electrons. The van der Waals surface area contributed by atoms with Gasteiger partial charge in [-0.3, -0.25) is 9.59 Å². The molecule has 8 nitrogen and oxygen atoms in total. The minimum Gasteiger partial charge on any atom is -0.504 e. The predicted molar refractivity (Wildman–Crippen MR) is 147 cm³/mol. The number of para-hydroxylation sites is 1. The maximum Gasteiger partial charge on any atom is 0.222 e. The number of aromatic amines is 1. The van der Waals surface area contributed by atoms with E-state index in [4.69, 9.17) is 9.47 Å². The first-order valence-corrected chi connectivity index (χ1v) is 13.3. The maximum absolute atomic E-state index is 13.4. The summed E-state index contributed by atoms with van der Waals surface area (Å²) >= 11 is 0. The third-order valence-corrected chi connectivity index (χ3v) is 7.80. The predicted octanol–water partition coefficient (Wildman–Crippen LogP) is 4.66. The number of hydrogen-bond acceptors (Lipinski definition) is 5. The number of carbonyl (C=O) groups excluding carboxylic acids is 2. The molecular formula is C31H31N3O5. The molecule has 2 atom stereocenters. The molecule has 1 fully saturated rings. The molecule has 39 heavy (non-hydrogen) atoms. The minimum absolute atomic E-state index is 0.0104. The van der Waals surface area contributed by atoms with Gasteiger partial charge in [0.2, 0.25) is 11.8 Å². The smallest absolute Gasteiger partial charge is 0.222 e. The first-order chi connectivity index (χ1) is 19.0. The van der Waals surface area contributed by atoms with Gasteiger partial charge in [-0.05, 0) is 59.9 Å². The normalized spacial score (nSPS) is 18.8. The van der Waals surface area contributed by atoms with Crippen molar-refractivity contribution in [2.24, 2.45) is 0 Å². The Morgan fingerprint density at radius 3 is 2.82 bits per heavy atom. The molecule has 3 aromatic carbocycles. The molecule has 2 amide bonds. The van der Waals surface area contributed by atoms with Crippen molar-refractivity contribution in [1.29, 1.82) is 0 Å². The van der Waals surface area contributed by atoms with Crippen LogP contribution < -0.4 is 14.8 Å². The Bertz CT molecular complexity index is 1540. The van der Waals surface area contributed by atoms with Crippen molar-refractivity contribution in [3.8, 4) is 23.0 Å². The zero-order valence-corrected chi connectivity index (χ0v) is 21.8. The number of methoxy groups -OCH3 is 1. The number of nitrogens with one attached hydrogen (secondary N) is 2. The number of fused-ring (bicyclic) bond motifs is 7. The fraction of sp³-hybridized carbons (Fsp3) is 0.290. The van der Waals surface area contributed by atoms with Crippen LogP contribution in [0, 0.1) is 0 Å². The lowest BCUT2D eigenvalue weighted by molar-refractivity contribution is -0.130. The van der Waals surface area contributed by atoms with Gasteiger partial charge in [-0.15, -0.1) is 0 Å². The average Bonchev–Trinajstić information content (AvgIpc) is 3.56. The molecule has 3 heterocycles. The van der Waals surface area contributed by atoms with E-state index in [0.717, 1.165) is 27.6 Å². The highest BCUT2D eigenvalue weighted by molar-refractivity contribution is 5.84. The van der Waals surface area contributed by atoms with Crippen molar-refractivity contribution >= 4 is 22.7 Å². The number of aryl methyl sites for hydroxylation is 2. The molecule has 2 aliphatic rings. The topological polar surface area (TPSA) is 104 Å². The second kappa shape index (κ2) is 10.4. The molecule has 0 saturated carbocycles. The molecule has 0 unspecified atom stereocenters. The van der Waals surface area contributed by atoms with Crippen molar-refractivity contribution in [2.75, 3.05) is 20.2 Å². The number of phenols is 1. The van der Waals surface area contributed by atoms with Gasteiger partial charge in [0.05, 0.1) is 13.2 Å². The van der Waals surface area contributed by atoms with E-state index in [9.17, 15) is 14.7 Å². The van der Waals surface area contributed by atoms with Crippen LogP contribution in [0.3, 0.4) is 0 Å². The standard InChI is InChI=1S/C31H31N3O5/c1-38-27-11-8-20-15-29(27)39-28-14-19(6-10-26(28)35)7-12-30(36)33-25-18-34(17-23(20)25)31(37)13-9-21-16-32-24-5-3-2-4-22(21)24/h2-6,8,10-11,14-16,23,25,32,35H,7,9,12-13,17-18H2,1H3,(H,33,36)/t23-,25+/m0/s1. The fourth-order valence-electron chi connectivity index (χ4n) is 5.68. The van der Waals surface area contributed by atoms with E-state index in [0.29, 0.717) is 56.0 Å². The first kappa shape index (κ1) is 24.9. The maximum atomic E-state index is 13.4. The summed E-state index contributed by atoms with van der Waals surface area (Å²) in [7, 11) is 1.57. The summed E-state index contributed by atoms with van der Waals surface area (Å²) in [5.74, 6) is 1.20. The third-order valence-electron chi connectivity index (χ3n) is 7.80. The molecule has 4 bridgehead atoms. The number of phenolic OH excluding ortho intramolecular Hbond substituents is 1. The lowest BCUT2D eigenvalue weighted by Gasteiger charge is -2.21. The Balaban J connectivity index is 1.26. The van der Waals surface area contributed by atoms with E-state index in [1.165, 1.54) is 0 Å². The van der Waals surface area contributed by atoms with E-state index in [1.807, 2.05) is 47.5 Å². The van der Waals surface area contributed by atoms with Crippen LogP contribution in [-0.2, 0) is 22.4 Å². The molecule has 0 spiro atoms. The van der Waals surface area contributed by atoms with Crippen molar-refractivity contribution < 1.29 is 24.2 Å². The van der Waals surface area contributed by atoms with E-state index in [2.05, 4.69) is 16.4 Å². The van der Waals surface area contributed by atoms with Gasteiger partial charge in [-0.1, -0.05) is 30.3 Å². The van der Waals surface area contributed by atoms with Crippen LogP contribution in [0.5, 0.6) is 23.0 Å². The SMILES string of the molecule is COc1ccc2cc1Oc1cc(ccc1O)CCC(=O)N[C@@H]1CN(C(=O)CCc3c[nH]c4ccccc34)C[C@@H]21. The van der Waals surface area contributed by atoms with Crippen LogP contribution in [0.15, 0.2) is 66.9 Å². The molecule has 2 aliphatic heterocycles. The zero-order chi connectivity index (χ0) is 26.9. The summed E-state index contributed by atoms with van der Waals surface area (Å²) in [5.41, 5.74) is 3.99. The van der Waals surface area contributed by atoms with Gasteiger partial charge < -0.3 is 29.8 Å². The molecule has 8 heteroatoms. The largest absolute Gasteiger partial charge is 0.504 e. The number of nitrogens with zero attached hydrogens (tertiary/aromatic N) is 1. The monoisotopic (exact) mass is 525 g/mol. The molecule has 0 radical (unpaired) electrons. The molecular weight excluding hydrogens is 494 g/mol. The number of ether oxygens (including phenoxy) is 2. The Kier molecular flexibility index (Phi) is 6.60. The van der Waals surface area contributed by atoms with Crippen LogP contribution in [0.4, 0.5) is 0 Å². The number of aromatic hydroxyl groups is 1. The van der Waals surface area contributed by atoms with Crippen molar-refractivity contribution in [3.63, 3.8) is 0 Å². The van der Waals surface area contributed by atoms with Crippen LogP contribution in [0.1, 0.15) is 35.4 Å². The highest BCUT2D eigenvalue weighted by Gasteiger charge is 2.37. The molecule has 6 rings (SSSR count). The van der Waals surface area contributed by atoms with Gasteiger partial charge in [0.1, 0.15) is 0 Å². The summed E-state index contributed by atoms with van der Waals surface area (Å²) in [4.78, 5) is 31.5. The summed E-state index contributed by atoms with van der Waals surface area (Å²) < 4.78 is 11.7. The summed E-state index contributed by atoms with van der Waals surface area (Å²) in [6, 6.07) is 18.6. The molecule has 0 aliphatic carbocycles. The van der Waals surface area contributed by atoms with Gasteiger partial charge in [0.25, 0.3) is 0 Å². The Morgan fingerprint density at radius 2 is 1.95 bits per heavy atom. The molecule has 1 saturated heterocycles. The van der Waals surface area contributed by atoms with E-state index < -0.39 is 0 Å². The van der Waals surface area contributed by atoms with Gasteiger partial charge in [-0.2, -0.15) is 0 Å². The van der Waals surface area contributed by atoms with Crippen LogP contribution in [-0.4, -0.2) is 53.0 Å². The van der Waals surface area contributed by atoms with E-state index in [-0.39, 0.29) is 29.5 Å². The summed E-state index contributed by atoms with van der Waals surface area (Å²) in [6.07, 6.45) is 3.80. The van der Waals surface area contributed by atoms with Crippen LogP contribution >= 0.6 is 0 Å². The lowest BCUT2D eigenvalue weighted by Crippen LogP contribution is -2.40. The van der Waals surface area contributed by atoms with Gasteiger partial charge in [0.15, 0.2) is 23.0 Å². The molecule has 3 N–H and O–H groups in total. The second-order valence-corrected chi connectivity index (χ2v) is 10.3. The number of benzene rings is 3.